The van der Waals surface area contributed by atoms with Gasteiger partial charge in [0.15, 0.2) is 5.17 Å². The molecule has 2 heterocycles. The standard InChI is InChI=1S/C22H17IN2O2S/c1-13-9-14(2)11-17(10-13)24-22-25-21(26)20(28-22)12-18-7-8-19(27-18)15-3-5-16(23)6-4-15/h3-12H,1-2H3,(H,24,25,26)/b20-12-. The highest BCUT2D eigenvalue weighted by atomic mass is 127. The van der Waals surface area contributed by atoms with Crippen LogP contribution in [0, 0.1) is 17.4 Å². The van der Waals surface area contributed by atoms with Crippen LogP contribution in [0.15, 0.2) is 68.9 Å². The van der Waals surface area contributed by atoms with Gasteiger partial charge in [-0.05, 0) is 95.7 Å². The first-order chi connectivity index (χ1) is 13.5. The molecule has 1 saturated heterocycles. The number of nitrogens with one attached hydrogen (secondary N) is 1. The molecule has 1 fully saturated rings. The highest BCUT2D eigenvalue weighted by molar-refractivity contribution is 14.1. The maximum atomic E-state index is 12.3. The average Bonchev–Trinajstić information content (AvgIpc) is 3.22. The molecule has 1 aromatic heterocycles. The Morgan fingerprint density at radius 3 is 2.46 bits per heavy atom. The normalized spacial score (nSPS) is 16.8. The Hall–Kier alpha value is -2.32. The van der Waals surface area contributed by atoms with Crippen molar-refractivity contribution in [3.05, 3.63) is 80.0 Å². The Kier molecular flexibility index (Phi) is 5.41. The minimum atomic E-state index is -0.166. The van der Waals surface area contributed by atoms with Gasteiger partial charge in [-0.1, -0.05) is 18.2 Å². The lowest BCUT2D eigenvalue weighted by atomic mass is 10.1. The second-order valence-electron chi connectivity index (χ2n) is 6.54. The average molecular weight is 500 g/mol. The van der Waals surface area contributed by atoms with E-state index in [9.17, 15) is 4.79 Å². The van der Waals surface area contributed by atoms with Crippen molar-refractivity contribution in [3.63, 3.8) is 0 Å². The number of amides is 1. The summed E-state index contributed by atoms with van der Waals surface area (Å²) in [4.78, 5) is 17.4. The van der Waals surface area contributed by atoms with Crippen LogP contribution in [-0.2, 0) is 4.79 Å². The Labute approximate surface area is 181 Å². The highest BCUT2D eigenvalue weighted by Gasteiger charge is 2.24. The Morgan fingerprint density at radius 2 is 1.75 bits per heavy atom. The lowest BCUT2D eigenvalue weighted by molar-refractivity contribution is -0.115. The highest BCUT2D eigenvalue weighted by Crippen LogP contribution is 2.30. The van der Waals surface area contributed by atoms with E-state index in [1.54, 1.807) is 6.08 Å². The summed E-state index contributed by atoms with van der Waals surface area (Å²) >= 11 is 3.59. The summed E-state index contributed by atoms with van der Waals surface area (Å²) in [5.74, 6) is 1.25. The number of furan rings is 1. The molecule has 1 N–H and O–H groups in total. The number of benzene rings is 2. The molecule has 0 bridgehead atoms. The molecule has 0 saturated carbocycles. The Morgan fingerprint density at radius 1 is 1.04 bits per heavy atom. The molecule has 1 amide bonds. The van der Waals surface area contributed by atoms with Gasteiger partial charge < -0.3 is 9.73 Å². The van der Waals surface area contributed by atoms with E-state index in [1.165, 1.54) is 15.3 Å². The van der Waals surface area contributed by atoms with Gasteiger partial charge in [0.25, 0.3) is 5.91 Å². The second kappa shape index (κ2) is 7.97. The van der Waals surface area contributed by atoms with Gasteiger partial charge >= 0.3 is 0 Å². The molecule has 0 spiro atoms. The van der Waals surface area contributed by atoms with Gasteiger partial charge in [0.05, 0.1) is 10.6 Å². The maximum Gasteiger partial charge on any atom is 0.264 e. The largest absolute Gasteiger partial charge is 0.457 e. The van der Waals surface area contributed by atoms with E-state index in [0.717, 1.165) is 28.1 Å². The molecule has 0 aliphatic carbocycles. The van der Waals surface area contributed by atoms with Crippen molar-refractivity contribution in [2.24, 2.45) is 4.99 Å². The Balaban J connectivity index is 1.55. The van der Waals surface area contributed by atoms with E-state index in [2.05, 4.69) is 39.0 Å². The summed E-state index contributed by atoms with van der Waals surface area (Å²) in [6.45, 7) is 4.06. The molecule has 4 nitrogen and oxygen atoms in total. The summed E-state index contributed by atoms with van der Waals surface area (Å²) in [5.41, 5.74) is 4.12. The van der Waals surface area contributed by atoms with Gasteiger partial charge in [-0.3, -0.25) is 4.79 Å². The molecule has 6 heteroatoms. The summed E-state index contributed by atoms with van der Waals surface area (Å²) in [5, 5.41) is 3.39. The number of hydrogen-bond donors (Lipinski definition) is 1. The van der Waals surface area contributed by atoms with Gasteiger partial charge in [0.2, 0.25) is 0 Å². The van der Waals surface area contributed by atoms with Crippen molar-refractivity contribution in [2.45, 2.75) is 13.8 Å². The van der Waals surface area contributed by atoms with Crippen LogP contribution in [0.5, 0.6) is 0 Å². The van der Waals surface area contributed by atoms with Crippen LogP contribution in [-0.4, -0.2) is 11.1 Å². The predicted octanol–water partition coefficient (Wildman–Crippen LogP) is 6.06. The van der Waals surface area contributed by atoms with Gasteiger partial charge in [-0.2, -0.15) is 0 Å². The number of carbonyl (C=O) groups excluding carboxylic acids is 1. The van der Waals surface area contributed by atoms with E-state index < -0.39 is 0 Å². The minimum Gasteiger partial charge on any atom is -0.457 e. The van der Waals surface area contributed by atoms with E-state index >= 15 is 0 Å². The number of hydrogen-bond acceptors (Lipinski definition) is 4. The quantitative estimate of drug-likeness (QED) is 0.352. The number of thioether (sulfide) groups is 1. The molecular weight excluding hydrogens is 483 g/mol. The smallest absolute Gasteiger partial charge is 0.264 e. The lowest BCUT2D eigenvalue weighted by Crippen LogP contribution is -2.19. The summed E-state index contributed by atoms with van der Waals surface area (Å²) in [6, 6.07) is 18.0. The van der Waals surface area contributed by atoms with E-state index in [4.69, 9.17) is 4.42 Å². The van der Waals surface area contributed by atoms with Crippen LogP contribution in [0.4, 0.5) is 5.69 Å². The zero-order valence-electron chi connectivity index (χ0n) is 15.3. The molecule has 2 aromatic carbocycles. The van der Waals surface area contributed by atoms with Crippen molar-refractivity contribution < 1.29 is 9.21 Å². The number of halogens is 1. The van der Waals surface area contributed by atoms with Crippen LogP contribution < -0.4 is 5.32 Å². The van der Waals surface area contributed by atoms with Crippen LogP contribution in [0.25, 0.3) is 17.4 Å². The van der Waals surface area contributed by atoms with E-state index in [0.29, 0.717) is 15.8 Å². The molecule has 0 atom stereocenters. The third-order valence-electron chi connectivity index (χ3n) is 4.12. The molecule has 140 valence electrons. The lowest BCUT2D eigenvalue weighted by Gasteiger charge is -2.00. The molecule has 1 aliphatic rings. The first-order valence-electron chi connectivity index (χ1n) is 8.70. The van der Waals surface area contributed by atoms with Crippen molar-refractivity contribution >= 4 is 57.2 Å². The van der Waals surface area contributed by atoms with Crippen LogP contribution >= 0.6 is 34.4 Å². The number of aryl methyl sites for hydroxylation is 2. The molecule has 1 aliphatic heterocycles. The molecule has 0 unspecified atom stereocenters. The van der Waals surface area contributed by atoms with Crippen LogP contribution in [0.2, 0.25) is 0 Å². The zero-order chi connectivity index (χ0) is 19.7. The van der Waals surface area contributed by atoms with Crippen molar-refractivity contribution in [1.29, 1.82) is 0 Å². The summed E-state index contributed by atoms with van der Waals surface area (Å²) in [6.07, 6.45) is 1.75. The van der Waals surface area contributed by atoms with Crippen molar-refractivity contribution in [2.75, 3.05) is 0 Å². The fraction of sp³-hybridized carbons (Fsp3) is 0.0909. The molecular formula is C22H17IN2O2S. The number of nitrogens with zero attached hydrogens (tertiary/aromatic N) is 1. The van der Waals surface area contributed by atoms with E-state index in [1.807, 2.05) is 62.4 Å². The Bertz CT molecular complexity index is 1090. The maximum absolute atomic E-state index is 12.3. The third-order valence-corrected chi connectivity index (χ3v) is 5.75. The number of carbonyl (C=O) groups is 1. The molecule has 3 aromatic rings. The summed E-state index contributed by atoms with van der Waals surface area (Å²) in [7, 11) is 0. The second-order valence-corrected chi connectivity index (χ2v) is 8.81. The van der Waals surface area contributed by atoms with E-state index in [-0.39, 0.29) is 5.91 Å². The van der Waals surface area contributed by atoms with Crippen molar-refractivity contribution in [1.82, 2.24) is 5.32 Å². The number of rotatable bonds is 3. The minimum absolute atomic E-state index is 0.166. The zero-order valence-corrected chi connectivity index (χ0v) is 18.3. The first kappa shape index (κ1) is 19.0. The van der Waals surface area contributed by atoms with Gasteiger partial charge in [0, 0.05) is 15.2 Å². The number of amidine groups is 1. The summed E-state index contributed by atoms with van der Waals surface area (Å²) < 4.78 is 7.06. The molecule has 0 radical (unpaired) electrons. The molecule has 28 heavy (non-hydrogen) atoms. The van der Waals surface area contributed by atoms with Crippen LogP contribution in [0.3, 0.4) is 0 Å². The SMILES string of the molecule is Cc1cc(C)cc(N=C2NC(=O)/C(=C/c3ccc(-c4ccc(I)cc4)o3)S2)c1. The first-order valence-corrected chi connectivity index (χ1v) is 10.6. The van der Waals surface area contributed by atoms with Crippen molar-refractivity contribution in [3.8, 4) is 11.3 Å². The predicted molar refractivity (Wildman–Crippen MR) is 124 cm³/mol. The van der Waals surface area contributed by atoms with Gasteiger partial charge in [-0.25, -0.2) is 4.99 Å². The van der Waals surface area contributed by atoms with Gasteiger partial charge in [0.1, 0.15) is 11.5 Å². The molecule has 4 rings (SSSR count). The fourth-order valence-corrected chi connectivity index (χ4v) is 4.12. The third kappa shape index (κ3) is 4.39. The monoisotopic (exact) mass is 500 g/mol. The topological polar surface area (TPSA) is 54.6 Å². The number of aliphatic imine (C=N–C) groups is 1. The fourth-order valence-electron chi connectivity index (χ4n) is 2.94. The van der Waals surface area contributed by atoms with Crippen LogP contribution in [0.1, 0.15) is 16.9 Å². The van der Waals surface area contributed by atoms with Gasteiger partial charge in [-0.15, -0.1) is 0 Å².